The third-order valence-corrected chi connectivity index (χ3v) is 1.02. The fraction of sp³-hybridized carbons (Fsp3) is 0.714. The fourth-order valence-corrected chi connectivity index (χ4v) is 0.572. The van der Waals surface area contributed by atoms with Crippen molar-refractivity contribution in [2.45, 2.75) is 32.5 Å². The zero-order valence-corrected chi connectivity index (χ0v) is 7.23. The summed E-state index contributed by atoms with van der Waals surface area (Å²) < 4.78 is 39.5. The van der Waals surface area contributed by atoms with Crippen LogP contribution in [0.5, 0.6) is 0 Å². The largest absolute Gasteiger partial charge is 0.478 e. The molecule has 0 radical (unpaired) electrons. The smallest absolute Gasteiger partial charge is 0.450 e. The molecule has 0 aliphatic heterocycles. The summed E-state index contributed by atoms with van der Waals surface area (Å²) in [6.45, 7) is 3.12. The number of hydrogen-bond donors (Lipinski definition) is 1. The lowest BCUT2D eigenvalue weighted by Crippen LogP contribution is -2.26. The molecule has 0 spiro atoms. The van der Waals surface area contributed by atoms with Crippen LogP contribution in [0.25, 0.3) is 0 Å². The van der Waals surface area contributed by atoms with E-state index in [2.05, 4.69) is 4.74 Å². The van der Waals surface area contributed by atoms with Gasteiger partial charge in [-0.2, -0.15) is 13.2 Å². The van der Waals surface area contributed by atoms with Crippen molar-refractivity contribution in [3.8, 4) is 0 Å². The summed E-state index contributed by atoms with van der Waals surface area (Å²) in [5.41, 5.74) is 0. The van der Waals surface area contributed by atoms with Crippen molar-refractivity contribution in [3.63, 3.8) is 0 Å². The quantitative estimate of drug-likeness (QED) is 0.555. The Hall–Kier alpha value is -1.07. The second kappa shape index (κ2) is 4.25. The molecule has 0 amide bonds. The summed E-state index contributed by atoms with van der Waals surface area (Å²) in [5.74, 6) is -2.62. The number of halogens is 3. The lowest BCUT2D eigenvalue weighted by atomic mass is 10.3. The third kappa shape index (κ3) is 5.21. The van der Waals surface area contributed by atoms with Crippen LogP contribution in [-0.4, -0.2) is 24.0 Å². The van der Waals surface area contributed by atoms with Crippen molar-refractivity contribution < 1.29 is 22.7 Å². The van der Waals surface area contributed by atoms with Crippen LogP contribution in [0.15, 0.2) is 0 Å². The van der Waals surface area contributed by atoms with Gasteiger partial charge in [0.05, 0.1) is 12.5 Å². The highest BCUT2D eigenvalue weighted by molar-refractivity contribution is 5.99. The first-order valence-electron chi connectivity index (χ1n) is 3.57. The summed E-state index contributed by atoms with van der Waals surface area (Å²) in [5, 5.41) is 6.89. The van der Waals surface area contributed by atoms with Crippen LogP contribution in [0, 0.1) is 5.41 Å². The van der Waals surface area contributed by atoms with Gasteiger partial charge in [0.2, 0.25) is 5.78 Å². The maximum Gasteiger partial charge on any atom is 0.450 e. The van der Waals surface area contributed by atoms with Crippen LogP contribution in [-0.2, 0) is 9.53 Å². The average Bonchev–Trinajstić information content (AvgIpc) is 1.82. The van der Waals surface area contributed by atoms with Gasteiger partial charge in [0.25, 0.3) is 0 Å². The molecule has 0 atom stereocenters. The van der Waals surface area contributed by atoms with Crippen molar-refractivity contribution in [2.75, 3.05) is 0 Å². The van der Waals surface area contributed by atoms with E-state index in [-0.39, 0.29) is 0 Å². The van der Waals surface area contributed by atoms with E-state index in [0.717, 1.165) is 0 Å². The number of nitrogens with one attached hydrogen (secondary N) is 1. The predicted molar refractivity (Wildman–Crippen MR) is 39.6 cm³/mol. The molecule has 0 heterocycles. The van der Waals surface area contributed by atoms with Crippen LogP contribution in [0.2, 0.25) is 0 Å². The first kappa shape index (κ1) is 11.9. The Morgan fingerprint density at radius 1 is 1.46 bits per heavy atom. The van der Waals surface area contributed by atoms with Crippen LogP contribution in [0.3, 0.4) is 0 Å². The van der Waals surface area contributed by atoms with Gasteiger partial charge in [-0.25, -0.2) is 0 Å². The maximum absolute atomic E-state index is 11.6. The highest BCUT2D eigenvalue weighted by Gasteiger charge is 2.38. The van der Waals surface area contributed by atoms with Gasteiger partial charge in [-0.05, 0) is 13.8 Å². The molecular weight excluding hydrogens is 187 g/mol. The highest BCUT2D eigenvalue weighted by Crippen LogP contribution is 2.18. The monoisotopic (exact) mass is 197 g/mol. The molecule has 0 aromatic heterocycles. The van der Waals surface area contributed by atoms with Crippen LogP contribution in [0.4, 0.5) is 13.2 Å². The van der Waals surface area contributed by atoms with Crippen LogP contribution in [0.1, 0.15) is 20.3 Å². The number of carbonyl (C=O) groups is 1. The van der Waals surface area contributed by atoms with Gasteiger partial charge in [0.1, 0.15) is 0 Å². The predicted octanol–water partition coefficient (Wildman–Crippen LogP) is 1.91. The van der Waals surface area contributed by atoms with E-state index in [0.29, 0.717) is 0 Å². The van der Waals surface area contributed by atoms with Crippen molar-refractivity contribution >= 4 is 11.7 Å². The van der Waals surface area contributed by atoms with Gasteiger partial charge in [-0.3, -0.25) is 10.2 Å². The zero-order valence-electron chi connectivity index (χ0n) is 7.23. The number of hydrogen-bond acceptors (Lipinski definition) is 3. The van der Waals surface area contributed by atoms with Crippen LogP contribution < -0.4 is 0 Å². The Morgan fingerprint density at radius 3 is 2.23 bits per heavy atom. The van der Waals surface area contributed by atoms with E-state index in [4.69, 9.17) is 5.41 Å². The van der Waals surface area contributed by atoms with Crippen LogP contribution >= 0.6 is 0 Å². The number of ether oxygens (including phenoxy) is 1. The van der Waals surface area contributed by atoms with E-state index in [1.807, 2.05) is 0 Å². The molecule has 13 heavy (non-hydrogen) atoms. The van der Waals surface area contributed by atoms with E-state index in [9.17, 15) is 18.0 Å². The molecule has 0 aromatic rings. The Labute approximate surface area is 73.4 Å². The number of alkyl halides is 3. The Kier molecular flexibility index (Phi) is 3.90. The van der Waals surface area contributed by atoms with Crippen molar-refractivity contribution in [1.82, 2.24) is 0 Å². The molecule has 1 N–H and O–H groups in total. The average molecular weight is 197 g/mol. The van der Waals surface area contributed by atoms with Gasteiger partial charge < -0.3 is 4.74 Å². The number of ketones is 1. The maximum atomic E-state index is 11.6. The van der Waals surface area contributed by atoms with Crippen molar-refractivity contribution in [2.24, 2.45) is 0 Å². The van der Waals surface area contributed by atoms with E-state index >= 15 is 0 Å². The number of Topliss-reactive ketones (excluding diaryl/α,β-unsaturated/α-hetero) is 1. The highest BCUT2D eigenvalue weighted by atomic mass is 19.4. The molecular formula is C7H10F3NO2. The summed E-state index contributed by atoms with van der Waals surface area (Å²) in [7, 11) is 0. The third-order valence-electron chi connectivity index (χ3n) is 1.02. The topological polar surface area (TPSA) is 50.1 Å². The summed E-state index contributed by atoms with van der Waals surface area (Å²) in [6, 6.07) is 0. The zero-order chi connectivity index (χ0) is 10.6. The minimum atomic E-state index is -4.88. The fourth-order valence-electron chi connectivity index (χ4n) is 0.572. The molecule has 6 heteroatoms. The van der Waals surface area contributed by atoms with Crippen molar-refractivity contribution in [1.29, 1.82) is 5.41 Å². The second-order valence-electron chi connectivity index (χ2n) is 2.69. The number of rotatable bonds is 3. The molecule has 0 aliphatic rings. The van der Waals surface area contributed by atoms with E-state index in [1.165, 1.54) is 0 Å². The Balaban J connectivity index is 4.01. The first-order chi connectivity index (χ1) is 5.73. The van der Waals surface area contributed by atoms with Crippen molar-refractivity contribution in [3.05, 3.63) is 0 Å². The molecule has 0 saturated carbocycles. The van der Waals surface area contributed by atoms with E-state index < -0.39 is 30.4 Å². The normalized spacial score (nSPS) is 11.5. The Bertz CT molecular complexity index is 210. The first-order valence-corrected chi connectivity index (χ1v) is 3.57. The minimum Gasteiger partial charge on any atom is -0.478 e. The van der Waals surface area contributed by atoms with Gasteiger partial charge in [0.15, 0.2) is 5.90 Å². The summed E-state index contributed by atoms with van der Waals surface area (Å²) in [4.78, 5) is 10.3. The van der Waals surface area contributed by atoms with Gasteiger partial charge in [-0.15, -0.1) is 0 Å². The molecule has 0 unspecified atom stereocenters. The standard InChI is InChI=1S/C7H10F3NO2/c1-4(2)13-6(11)3-5(12)7(8,9)10/h4,11H,3H2,1-2H3. The molecule has 0 saturated heterocycles. The molecule has 0 aliphatic carbocycles. The minimum absolute atomic E-state index is 0.395. The summed E-state index contributed by atoms with van der Waals surface area (Å²) in [6.07, 6.45) is -6.30. The lowest BCUT2D eigenvalue weighted by molar-refractivity contribution is -0.169. The SMILES string of the molecule is CC(C)OC(=N)CC(=O)C(F)(F)F. The van der Waals surface area contributed by atoms with E-state index in [1.54, 1.807) is 13.8 Å². The van der Waals surface area contributed by atoms with Gasteiger partial charge in [0, 0.05) is 0 Å². The van der Waals surface area contributed by atoms with Gasteiger partial charge in [-0.1, -0.05) is 0 Å². The molecule has 0 fully saturated rings. The molecule has 0 aromatic carbocycles. The summed E-state index contributed by atoms with van der Waals surface area (Å²) >= 11 is 0. The number of carbonyl (C=O) groups excluding carboxylic acids is 1. The molecule has 76 valence electrons. The Morgan fingerprint density at radius 2 is 1.92 bits per heavy atom. The molecule has 0 bridgehead atoms. The van der Waals surface area contributed by atoms with Gasteiger partial charge >= 0.3 is 6.18 Å². The second-order valence-corrected chi connectivity index (χ2v) is 2.69. The lowest BCUT2D eigenvalue weighted by Gasteiger charge is -2.10. The molecule has 0 rings (SSSR count). The molecule has 3 nitrogen and oxygen atoms in total.